The molecular weight excluding hydrogens is 166 g/mol. The zero-order valence-electron chi connectivity index (χ0n) is 8.08. The van der Waals surface area contributed by atoms with Crippen LogP contribution in [-0.4, -0.2) is 30.7 Å². The minimum atomic E-state index is 0.203. The Balaban J connectivity index is 2.16. The van der Waals surface area contributed by atoms with Gasteiger partial charge in [0.25, 0.3) is 0 Å². The molecule has 0 spiro atoms. The van der Waals surface area contributed by atoms with Crippen LogP contribution in [0.3, 0.4) is 0 Å². The molecule has 1 fully saturated rings. The van der Waals surface area contributed by atoms with Crippen molar-refractivity contribution >= 4 is 5.82 Å². The molecule has 1 aliphatic carbocycles. The lowest BCUT2D eigenvalue weighted by Crippen LogP contribution is -2.25. The number of nitrogens with zero attached hydrogens (tertiary/aromatic N) is 2. The minimum absolute atomic E-state index is 0.203. The molecule has 0 radical (unpaired) electrons. The summed E-state index contributed by atoms with van der Waals surface area (Å²) < 4.78 is 5.19. The third-order valence-corrected chi connectivity index (χ3v) is 2.52. The molecule has 0 aliphatic heterocycles. The van der Waals surface area contributed by atoms with Gasteiger partial charge in [0, 0.05) is 18.0 Å². The van der Waals surface area contributed by atoms with Crippen LogP contribution in [0.25, 0.3) is 0 Å². The molecule has 72 valence electrons. The van der Waals surface area contributed by atoms with Gasteiger partial charge in [-0.05, 0) is 26.9 Å². The fraction of sp³-hybridized carbons (Fsp3) is 0.667. The smallest absolute Gasteiger partial charge is 0.167 e. The molecule has 0 aromatic carbocycles. The quantitative estimate of drug-likeness (QED) is 0.751. The van der Waals surface area contributed by atoms with E-state index in [1.54, 1.807) is 0 Å². The van der Waals surface area contributed by atoms with Crippen molar-refractivity contribution in [3.8, 4) is 0 Å². The third kappa shape index (κ3) is 1.54. The largest absolute Gasteiger partial charge is 0.381 e. The van der Waals surface area contributed by atoms with Crippen molar-refractivity contribution in [3.05, 3.63) is 11.8 Å². The van der Waals surface area contributed by atoms with E-state index >= 15 is 0 Å². The molecule has 1 heterocycles. The van der Waals surface area contributed by atoms with Crippen molar-refractivity contribution in [1.29, 1.82) is 0 Å². The summed E-state index contributed by atoms with van der Waals surface area (Å²) in [6.45, 7) is 1.02. The fourth-order valence-corrected chi connectivity index (χ4v) is 1.78. The first-order chi connectivity index (χ1) is 6.12. The van der Waals surface area contributed by atoms with E-state index in [1.807, 2.05) is 6.07 Å². The maximum Gasteiger partial charge on any atom is 0.167 e. The molecule has 1 aromatic heterocycles. The number of nitrogens with two attached hydrogens (primary N) is 1. The van der Waals surface area contributed by atoms with Crippen molar-refractivity contribution < 1.29 is 4.52 Å². The number of likely N-dealkylation sites (N-methyl/N-ethyl adjacent to an activating group) is 1. The molecule has 0 saturated heterocycles. The summed E-state index contributed by atoms with van der Waals surface area (Å²) in [6, 6.07) is 1.84. The van der Waals surface area contributed by atoms with Crippen LogP contribution in [0.2, 0.25) is 0 Å². The Morgan fingerprint density at radius 1 is 1.62 bits per heavy atom. The van der Waals surface area contributed by atoms with Crippen LogP contribution in [0.1, 0.15) is 18.6 Å². The average Bonchev–Trinajstić information content (AvgIpc) is 2.65. The molecule has 0 amide bonds. The number of hydrogen-bond donors (Lipinski definition) is 1. The molecule has 0 atom stereocenters. The molecule has 1 aliphatic rings. The summed E-state index contributed by atoms with van der Waals surface area (Å²) in [5.41, 5.74) is 5.72. The Morgan fingerprint density at radius 2 is 2.31 bits per heavy atom. The predicted molar refractivity (Wildman–Crippen MR) is 50.4 cm³/mol. The van der Waals surface area contributed by atoms with E-state index in [0.717, 1.165) is 12.3 Å². The average molecular weight is 181 g/mol. The Labute approximate surface area is 77.7 Å². The van der Waals surface area contributed by atoms with Crippen molar-refractivity contribution in [3.63, 3.8) is 0 Å². The van der Waals surface area contributed by atoms with Gasteiger partial charge in [-0.25, -0.2) is 0 Å². The van der Waals surface area contributed by atoms with Crippen LogP contribution in [0.4, 0.5) is 5.82 Å². The molecule has 4 heteroatoms. The standard InChI is InChI=1S/C9H15N3O/c1-12(2)6-9(3-4-9)7-5-8(10)11-13-7/h5H,3-4,6H2,1-2H3,(H2,10,11). The Morgan fingerprint density at radius 3 is 2.69 bits per heavy atom. The Hall–Kier alpha value is -1.03. The molecule has 4 nitrogen and oxygen atoms in total. The number of hydrogen-bond acceptors (Lipinski definition) is 4. The number of anilines is 1. The highest BCUT2D eigenvalue weighted by atomic mass is 16.5. The van der Waals surface area contributed by atoms with E-state index in [4.69, 9.17) is 10.3 Å². The SMILES string of the molecule is CN(C)CC1(c2cc(N)no2)CC1. The van der Waals surface area contributed by atoms with Gasteiger partial charge < -0.3 is 15.2 Å². The fourth-order valence-electron chi connectivity index (χ4n) is 1.78. The van der Waals surface area contributed by atoms with E-state index in [-0.39, 0.29) is 5.41 Å². The Kier molecular flexibility index (Phi) is 1.80. The van der Waals surface area contributed by atoms with Gasteiger partial charge >= 0.3 is 0 Å². The molecule has 2 N–H and O–H groups in total. The first kappa shape index (κ1) is 8.56. The zero-order valence-corrected chi connectivity index (χ0v) is 8.08. The van der Waals surface area contributed by atoms with E-state index in [2.05, 4.69) is 24.2 Å². The summed E-state index contributed by atoms with van der Waals surface area (Å²) in [7, 11) is 4.14. The lowest BCUT2D eigenvalue weighted by Gasteiger charge is -2.16. The van der Waals surface area contributed by atoms with Gasteiger partial charge in [0.15, 0.2) is 5.82 Å². The maximum atomic E-state index is 5.52. The summed E-state index contributed by atoms with van der Waals surface area (Å²) >= 11 is 0. The predicted octanol–water partition coefficient (Wildman–Crippen LogP) is 0.850. The van der Waals surface area contributed by atoms with E-state index in [1.165, 1.54) is 12.8 Å². The minimum Gasteiger partial charge on any atom is -0.381 e. The topological polar surface area (TPSA) is 55.3 Å². The van der Waals surface area contributed by atoms with Crippen LogP contribution in [0.5, 0.6) is 0 Å². The van der Waals surface area contributed by atoms with Crippen molar-refractivity contribution in [2.24, 2.45) is 0 Å². The van der Waals surface area contributed by atoms with Crippen LogP contribution in [-0.2, 0) is 5.41 Å². The molecule has 0 bridgehead atoms. The second kappa shape index (κ2) is 2.73. The van der Waals surface area contributed by atoms with Gasteiger partial charge in [0.1, 0.15) is 5.76 Å². The van der Waals surface area contributed by atoms with Crippen molar-refractivity contribution in [1.82, 2.24) is 10.1 Å². The highest BCUT2D eigenvalue weighted by Crippen LogP contribution is 2.48. The molecule has 2 rings (SSSR count). The lowest BCUT2D eigenvalue weighted by atomic mass is 10.0. The van der Waals surface area contributed by atoms with Crippen molar-refractivity contribution in [2.75, 3.05) is 26.4 Å². The van der Waals surface area contributed by atoms with Gasteiger partial charge in [-0.3, -0.25) is 0 Å². The van der Waals surface area contributed by atoms with Gasteiger partial charge in [-0.15, -0.1) is 0 Å². The van der Waals surface area contributed by atoms with Gasteiger partial charge in [-0.1, -0.05) is 5.16 Å². The number of nitrogen functional groups attached to an aromatic ring is 1. The monoisotopic (exact) mass is 181 g/mol. The van der Waals surface area contributed by atoms with Crippen LogP contribution >= 0.6 is 0 Å². The van der Waals surface area contributed by atoms with Gasteiger partial charge in [0.05, 0.1) is 0 Å². The van der Waals surface area contributed by atoms with E-state index < -0.39 is 0 Å². The maximum absolute atomic E-state index is 5.52. The molecular formula is C9H15N3O. The first-order valence-corrected chi connectivity index (χ1v) is 4.50. The summed E-state index contributed by atoms with van der Waals surface area (Å²) in [5, 5.41) is 3.71. The number of rotatable bonds is 3. The molecule has 0 unspecified atom stereocenters. The summed E-state index contributed by atoms with van der Waals surface area (Å²) in [4.78, 5) is 2.17. The third-order valence-electron chi connectivity index (χ3n) is 2.52. The second-order valence-corrected chi connectivity index (χ2v) is 4.13. The van der Waals surface area contributed by atoms with Gasteiger partial charge in [-0.2, -0.15) is 0 Å². The van der Waals surface area contributed by atoms with Crippen LogP contribution in [0, 0.1) is 0 Å². The van der Waals surface area contributed by atoms with E-state index in [9.17, 15) is 0 Å². The van der Waals surface area contributed by atoms with Crippen molar-refractivity contribution in [2.45, 2.75) is 18.3 Å². The van der Waals surface area contributed by atoms with E-state index in [0.29, 0.717) is 5.82 Å². The first-order valence-electron chi connectivity index (χ1n) is 4.50. The molecule has 13 heavy (non-hydrogen) atoms. The zero-order chi connectivity index (χ0) is 9.47. The highest BCUT2D eigenvalue weighted by molar-refractivity contribution is 5.33. The summed E-state index contributed by atoms with van der Waals surface area (Å²) in [6.07, 6.45) is 2.36. The second-order valence-electron chi connectivity index (χ2n) is 4.13. The normalized spacial score (nSPS) is 19.3. The molecule has 1 aromatic rings. The van der Waals surface area contributed by atoms with Crippen LogP contribution in [0.15, 0.2) is 10.6 Å². The number of aromatic nitrogens is 1. The van der Waals surface area contributed by atoms with Gasteiger partial charge in [0.2, 0.25) is 0 Å². The lowest BCUT2D eigenvalue weighted by molar-refractivity contribution is 0.298. The Bertz CT molecular complexity index is 302. The summed E-state index contributed by atoms with van der Waals surface area (Å²) in [5.74, 6) is 1.43. The highest BCUT2D eigenvalue weighted by Gasteiger charge is 2.47. The molecule has 1 saturated carbocycles. The van der Waals surface area contributed by atoms with Crippen LogP contribution < -0.4 is 5.73 Å².